The number of nitrogens with two attached hydrogens (primary N) is 1. The Bertz CT molecular complexity index is 509. The van der Waals surface area contributed by atoms with E-state index in [0.717, 1.165) is 24.4 Å². The number of likely N-dealkylation sites (N-methyl/N-ethyl adjacent to an activating group) is 1. The summed E-state index contributed by atoms with van der Waals surface area (Å²) in [4.78, 5) is 19.4. The number of aliphatic imine (C=N–C) groups is 1. The van der Waals surface area contributed by atoms with Gasteiger partial charge in [0.15, 0.2) is 5.96 Å². The topological polar surface area (TPSA) is 82.8 Å². The number of thiophene rings is 1. The Morgan fingerprint density at radius 2 is 2.25 bits per heavy atom. The molecule has 1 aliphatic heterocycles. The van der Waals surface area contributed by atoms with Crippen molar-refractivity contribution in [3.63, 3.8) is 0 Å². The third-order valence-electron chi connectivity index (χ3n) is 4.07. The van der Waals surface area contributed by atoms with Gasteiger partial charge in [-0.05, 0) is 43.8 Å². The highest BCUT2D eigenvalue weighted by Gasteiger charge is 2.22. The molecule has 8 heteroatoms. The number of halogens is 1. The summed E-state index contributed by atoms with van der Waals surface area (Å²) < 4.78 is 0. The van der Waals surface area contributed by atoms with E-state index in [1.54, 1.807) is 0 Å². The molecule has 0 spiro atoms. The molecular formula is C16H28IN5OS. The van der Waals surface area contributed by atoms with Gasteiger partial charge in [0.2, 0.25) is 0 Å². The largest absolute Gasteiger partial charge is 0.370 e. The molecule has 2 heterocycles. The Hall–Kier alpha value is -0.870. The third kappa shape index (κ3) is 6.94. The molecule has 0 aliphatic carbocycles. The van der Waals surface area contributed by atoms with Crippen molar-refractivity contribution in [2.24, 2.45) is 10.7 Å². The molecule has 1 saturated heterocycles. The second-order valence-electron chi connectivity index (χ2n) is 5.66. The van der Waals surface area contributed by atoms with Gasteiger partial charge in [-0.25, -0.2) is 0 Å². The van der Waals surface area contributed by atoms with Crippen LogP contribution in [0.2, 0.25) is 0 Å². The highest BCUT2D eigenvalue weighted by Crippen LogP contribution is 2.16. The zero-order chi connectivity index (χ0) is 16.5. The van der Waals surface area contributed by atoms with Crippen molar-refractivity contribution in [2.45, 2.75) is 32.2 Å². The van der Waals surface area contributed by atoms with Gasteiger partial charge in [-0.2, -0.15) is 0 Å². The molecule has 6 nitrogen and oxygen atoms in total. The molecule has 0 aromatic carbocycles. The lowest BCUT2D eigenvalue weighted by Gasteiger charge is -2.20. The van der Waals surface area contributed by atoms with Crippen LogP contribution in [0, 0.1) is 0 Å². The summed E-state index contributed by atoms with van der Waals surface area (Å²) in [5.74, 6) is 0.486. The minimum atomic E-state index is -0.0115. The van der Waals surface area contributed by atoms with Crippen LogP contribution in [0.1, 0.15) is 35.9 Å². The van der Waals surface area contributed by atoms with Crippen LogP contribution >= 0.6 is 35.3 Å². The average molecular weight is 465 g/mol. The Morgan fingerprint density at radius 1 is 1.46 bits per heavy atom. The van der Waals surface area contributed by atoms with Gasteiger partial charge in [-0.15, -0.1) is 35.3 Å². The van der Waals surface area contributed by atoms with Crippen LogP contribution in [0.15, 0.2) is 22.5 Å². The van der Waals surface area contributed by atoms with E-state index in [0.29, 0.717) is 25.1 Å². The van der Waals surface area contributed by atoms with E-state index in [9.17, 15) is 4.79 Å². The van der Waals surface area contributed by atoms with E-state index in [1.165, 1.54) is 30.7 Å². The first-order valence-electron chi connectivity index (χ1n) is 8.30. The smallest absolute Gasteiger partial charge is 0.261 e. The van der Waals surface area contributed by atoms with Crippen molar-refractivity contribution in [3.05, 3.63) is 22.4 Å². The molecule has 24 heavy (non-hydrogen) atoms. The molecule has 1 aromatic rings. The van der Waals surface area contributed by atoms with Crippen LogP contribution < -0.4 is 16.4 Å². The van der Waals surface area contributed by atoms with Crippen molar-refractivity contribution in [1.29, 1.82) is 0 Å². The van der Waals surface area contributed by atoms with E-state index >= 15 is 0 Å². The molecule has 1 fully saturated rings. The first kappa shape index (κ1) is 21.2. The molecule has 1 atom stereocenters. The Labute approximate surface area is 165 Å². The molecule has 1 unspecified atom stereocenters. The van der Waals surface area contributed by atoms with Gasteiger partial charge in [0.1, 0.15) is 0 Å². The van der Waals surface area contributed by atoms with E-state index < -0.39 is 0 Å². The van der Waals surface area contributed by atoms with Gasteiger partial charge in [-0.1, -0.05) is 13.0 Å². The fourth-order valence-electron chi connectivity index (χ4n) is 2.78. The van der Waals surface area contributed by atoms with Gasteiger partial charge in [0.25, 0.3) is 5.91 Å². The van der Waals surface area contributed by atoms with Gasteiger partial charge in [-0.3, -0.25) is 14.7 Å². The monoisotopic (exact) mass is 465 g/mol. The summed E-state index contributed by atoms with van der Waals surface area (Å²) in [6.07, 6.45) is 3.28. The van der Waals surface area contributed by atoms with E-state index in [2.05, 4.69) is 27.4 Å². The maximum Gasteiger partial charge on any atom is 0.261 e. The Balaban J connectivity index is 0.00000288. The molecular weight excluding hydrogens is 437 g/mol. The van der Waals surface area contributed by atoms with E-state index in [1.807, 2.05) is 17.5 Å². The minimum Gasteiger partial charge on any atom is -0.370 e. The van der Waals surface area contributed by atoms with Gasteiger partial charge in [0, 0.05) is 19.1 Å². The summed E-state index contributed by atoms with van der Waals surface area (Å²) in [6, 6.07) is 4.24. The summed E-state index contributed by atoms with van der Waals surface area (Å²) in [5.41, 5.74) is 5.89. The maximum absolute atomic E-state index is 11.7. The van der Waals surface area contributed by atoms with Crippen molar-refractivity contribution in [1.82, 2.24) is 15.5 Å². The van der Waals surface area contributed by atoms with Crippen LogP contribution in [0.4, 0.5) is 0 Å². The second kappa shape index (κ2) is 11.6. The molecule has 0 bridgehead atoms. The van der Waals surface area contributed by atoms with Crippen LogP contribution in [0.3, 0.4) is 0 Å². The lowest BCUT2D eigenvalue weighted by atomic mass is 10.2. The summed E-state index contributed by atoms with van der Waals surface area (Å²) in [5, 5.41) is 7.90. The van der Waals surface area contributed by atoms with E-state index in [-0.39, 0.29) is 29.9 Å². The predicted molar refractivity (Wildman–Crippen MR) is 111 cm³/mol. The van der Waals surface area contributed by atoms with Gasteiger partial charge < -0.3 is 16.4 Å². The molecule has 4 N–H and O–H groups in total. The van der Waals surface area contributed by atoms with Crippen molar-refractivity contribution < 1.29 is 4.79 Å². The second-order valence-corrected chi connectivity index (χ2v) is 6.61. The maximum atomic E-state index is 11.7. The van der Waals surface area contributed by atoms with Crippen LogP contribution in [-0.4, -0.2) is 55.5 Å². The Kier molecular flexibility index (Phi) is 10.3. The number of rotatable bonds is 8. The van der Waals surface area contributed by atoms with Crippen molar-refractivity contribution >= 4 is 47.2 Å². The first-order chi connectivity index (χ1) is 11.2. The molecule has 136 valence electrons. The number of nitrogens with zero attached hydrogens (tertiary/aromatic N) is 2. The number of guanidine groups is 1. The quantitative estimate of drug-likeness (QED) is 0.237. The van der Waals surface area contributed by atoms with Gasteiger partial charge >= 0.3 is 0 Å². The number of nitrogens with one attached hydrogen (secondary N) is 2. The van der Waals surface area contributed by atoms with Crippen molar-refractivity contribution in [3.8, 4) is 0 Å². The highest BCUT2D eigenvalue weighted by molar-refractivity contribution is 14.0. The average Bonchev–Trinajstić information content (AvgIpc) is 3.23. The highest BCUT2D eigenvalue weighted by atomic mass is 127. The standard InChI is InChI=1S/C16H27N5OS.HI/c1-2-21-10-3-6-13(21)12-20-16(17)19-9-5-8-18-15(22)14-7-4-11-23-14;/h4,7,11,13H,2-3,5-6,8-10,12H2,1H3,(H,18,22)(H3,17,19,20);1H. The molecule has 0 radical (unpaired) electrons. The zero-order valence-electron chi connectivity index (χ0n) is 14.2. The SMILES string of the molecule is CCN1CCCC1CN=C(N)NCCCNC(=O)c1cccs1.I. The first-order valence-corrected chi connectivity index (χ1v) is 9.18. The number of amides is 1. The normalized spacial score (nSPS) is 18.2. The van der Waals surface area contributed by atoms with Gasteiger partial charge in [0.05, 0.1) is 11.4 Å². The molecule has 0 saturated carbocycles. The number of carbonyl (C=O) groups excluding carboxylic acids is 1. The third-order valence-corrected chi connectivity index (χ3v) is 4.94. The Morgan fingerprint density at radius 3 is 2.96 bits per heavy atom. The molecule has 1 amide bonds. The minimum absolute atomic E-state index is 0. The summed E-state index contributed by atoms with van der Waals surface area (Å²) in [7, 11) is 0. The van der Waals surface area contributed by atoms with Crippen LogP contribution in [0.25, 0.3) is 0 Å². The van der Waals surface area contributed by atoms with E-state index in [4.69, 9.17) is 5.73 Å². The lowest BCUT2D eigenvalue weighted by Crippen LogP contribution is -2.37. The molecule has 1 aromatic heterocycles. The summed E-state index contributed by atoms with van der Waals surface area (Å²) >= 11 is 1.45. The predicted octanol–water partition coefficient (Wildman–Crippen LogP) is 1.87. The number of hydrogen-bond donors (Lipinski definition) is 3. The number of carbonyl (C=O) groups is 1. The molecule has 2 rings (SSSR count). The molecule has 1 aliphatic rings. The zero-order valence-corrected chi connectivity index (χ0v) is 17.3. The van der Waals surface area contributed by atoms with Crippen LogP contribution in [0.5, 0.6) is 0 Å². The summed E-state index contributed by atoms with van der Waals surface area (Å²) in [6.45, 7) is 6.55. The van der Waals surface area contributed by atoms with Crippen molar-refractivity contribution in [2.75, 3.05) is 32.7 Å². The number of hydrogen-bond acceptors (Lipinski definition) is 4. The fourth-order valence-corrected chi connectivity index (χ4v) is 3.42. The van der Waals surface area contributed by atoms with Crippen LogP contribution in [-0.2, 0) is 0 Å². The lowest BCUT2D eigenvalue weighted by molar-refractivity contribution is 0.0957. The number of likely N-dealkylation sites (tertiary alicyclic amines) is 1. The fraction of sp³-hybridized carbons (Fsp3) is 0.625.